The van der Waals surface area contributed by atoms with E-state index in [-0.39, 0.29) is 12.3 Å². The number of carboxylic acid groups (broad SMARTS) is 1. The Morgan fingerprint density at radius 1 is 1.21 bits per heavy atom. The maximum Gasteiger partial charge on any atom is 0.303 e. The lowest BCUT2D eigenvalue weighted by Gasteiger charge is -2.16. The second-order valence-corrected chi connectivity index (χ2v) is 9.35. The highest BCUT2D eigenvalue weighted by atomic mass is 32.1. The van der Waals surface area contributed by atoms with Crippen LogP contribution in [0.5, 0.6) is 10.9 Å². The first kappa shape index (κ1) is 24.9. The number of likely N-dealkylation sites (N-methyl/N-ethyl adjacent to an activating group) is 1. The molecule has 0 aliphatic carbocycles. The van der Waals surface area contributed by atoms with E-state index in [1.165, 1.54) is 22.7 Å². The number of rotatable bonds is 11. The van der Waals surface area contributed by atoms with Crippen LogP contribution in [0.2, 0.25) is 0 Å². The van der Waals surface area contributed by atoms with Crippen molar-refractivity contribution in [2.24, 2.45) is 0 Å². The molecule has 0 radical (unpaired) electrons. The van der Waals surface area contributed by atoms with Crippen molar-refractivity contribution in [1.29, 1.82) is 0 Å². The van der Waals surface area contributed by atoms with Gasteiger partial charge in [-0.25, -0.2) is 0 Å². The average Bonchev–Trinajstić information content (AvgIpc) is 3.27. The highest BCUT2D eigenvalue weighted by Crippen LogP contribution is 2.32. The summed E-state index contributed by atoms with van der Waals surface area (Å²) < 4.78 is 10.6. The van der Waals surface area contributed by atoms with Crippen LogP contribution in [0, 0.1) is 13.8 Å². The number of aromatic nitrogens is 2. The molecule has 0 saturated heterocycles. The Kier molecular flexibility index (Phi) is 8.58. The van der Waals surface area contributed by atoms with E-state index in [0.29, 0.717) is 17.4 Å². The molecule has 1 atom stereocenters. The number of nitrogens with zero attached hydrogens (tertiary/aromatic N) is 3. The highest BCUT2D eigenvalue weighted by molar-refractivity contribution is 7.07. The number of benzene rings is 2. The van der Waals surface area contributed by atoms with E-state index in [1.807, 2.05) is 31.2 Å². The fourth-order valence-corrected chi connectivity index (χ4v) is 4.22. The van der Waals surface area contributed by atoms with Gasteiger partial charge in [0, 0.05) is 30.1 Å². The Labute approximate surface area is 200 Å². The summed E-state index contributed by atoms with van der Waals surface area (Å²) in [7, 11) is 2.14. The SMILES string of the molecule is CCN(C)CCc1cc(C)c(Oc2nc(-c3cccc(C(C)CCC(=O)O)c3)ns2)cc1C. The molecule has 3 aromatic rings. The Balaban J connectivity index is 1.72. The second kappa shape index (κ2) is 11.4. The molecule has 1 unspecified atom stereocenters. The molecule has 1 aromatic heterocycles. The van der Waals surface area contributed by atoms with Gasteiger partial charge in [-0.1, -0.05) is 38.1 Å². The molecule has 6 nitrogen and oxygen atoms in total. The van der Waals surface area contributed by atoms with Crippen LogP contribution in [0.15, 0.2) is 36.4 Å². The number of hydrogen-bond acceptors (Lipinski definition) is 6. The zero-order valence-electron chi connectivity index (χ0n) is 20.1. The van der Waals surface area contributed by atoms with Crippen LogP contribution in [-0.2, 0) is 11.2 Å². The first-order chi connectivity index (χ1) is 15.8. The second-order valence-electron chi connectivity index (χ2n) is 8.63. The van der Waals surface area contributed by atoms with Crippen molar-refractivity contribution in [2.75, 3.05) is 20.1 Å². The summed E-state index contributed by atoms with van der Waals surface area (Å²) in [5, 5.41) is 9.45. The van der Waals surface area contributed by atoms with Crippen molar-refractivity contribution >= 4 is 17.5 Å². The first-order valence-corrected chi connectivity index (χ1v) is 12.2. The summed E-state index contributed by atoms with van der Waals surface area (Å²) in [6.07, 6.45) is 1.77. The maximum atomic E-state index is 10.9. The number of carbonyl (C=O) groups is 1. The molecule has 7 heteroatoms. The summed E-state index contributed by atoms with van der Waals surface area (Å²) >= 11 is 1.24. The molecule has 0 aliphatic heterocycles. The molecule has 0 saturated carbocycles. The largest absolute Gasteiger partial charge is 0.481 e. The minimum atomic E-state index is -0.771. The summed E-state index contributed by atoms with van der Waals surface area (Å²) in [5.41, 5.74) is 5.63. The lowest BCUT2D eigenvalue weighted by atomic mass is 9.95. The lowest BCUT2D eigenvalue weighted by molar-refractivity contribution is -0.137. The quantitative estimate of drug-likeness (QED) is 0.368. The van der Waals surface area contributed by atoms with E-state index >= 15 is 0 Å². The van der Waals surface area contributed by atoms with Crippen molar-refractivity contribution < 1.29 is 14.6 Å². The molecule has 33 heavy (non-hydrogen) atoms. The van der Waals surface area contributed by atoms with E-state index < -0.39 is 5.97 Å². The molecule has 0 amide bonds. The number of aryl methyl sites for hydroxylation is 2. The van der Waals surface area contributed by atoms with Gasteiger partial charge in [0.1, 0.15) is 5.75 Å². The van der Waals surface area contributed by atoms with E-state index in [2.05, 4.69) is 54.2 Å². The average molecular weight is 468 g/mol. The fourth-order valence-electron chi connectivity index (χ4n) is 3.65. The van der Waals surface area contributed by atoms with Gasteiger partial charge in [0.15, 0.2) is 5.82 Å². The summed E-state index contributed by atoms with van der Waals surface area (Å²) in [6, 6.07) is 12.3. The van der Waals surface area contributed by atoms with Gasteiger partial charge >= 0.3 is 5.97 Å². The fraction of sp³-hybridized carbons (Fsp3) is 0.423. The molecule has 0 aliphatic rings. The van der Waals surface area contributed by atoms with Crippen molar-refractivity contribution in [3.05, 3.63) is 58.7 Å². The molecule has 1 N–H and O–H groups in total. The Bertz CT molecular complexity index is 1100. The van der Waals surface area contributed by atoms with Gasteiger partial charge in [0.2, 0.25) is 0 Å². The number of aliphatic carboxylic acids is 1. The van der Waals surface area contributed by atoms with Crippen LogP contribution in [0.1, 0.15) is 54.9 Å². The van der Waals surface area contributed by atoms with E-state index in [1.54, 1.807) is 0 Å². The third-order valence-electron chi connectivity index (χ3n) is 6.05. The molecular formula is C26H33N3O3S. The van der Waals surface area contributed by atoms with Crippen LogP contribution >= 0.6 is 11.5 Å². The van der Waals surface area contributed by atoms with E-state index in [0.717, 1.165) is 42.0 Å². The molecule has 176 valence electrons. The minimum absolute atomic E-state index is 0.150. The minimum Gasteiger partial charge on any atom is -0.481 e. The molecule has 0 spiro atoms. The van der Waals surface area contributed by atoms with E-state index in [4.69, 9.17) is 9.84 Å². The predicted molar refractivity (Wildman–Crippen MR) is 133 cm³/mol. The summed E-state index contributed by atoms with van der Waals surface area (Å²) in [6.45, 7) is 10.5. The van der Waals surface area contributed by atoms with Gasteiger partial charge in [-0.05, 0) is 80.6 Å². The van der Waals surface area contributed by atoms with Gasteiger partial charge in [-0.15, -0.1) is 0 Å². The monoisotopic (exact) mass is 467 g/mol. The topological polar surface area (TPSA) is 75.5 Å². The van der Waals surface area contributed by atoms with E-state index in [9.17, 15) is 4.79 Å². The van der Waals surface area contributed by atoms with Crippen molar-refractivity contribution in [1.82, 2.24) is 14.3 Å². The third kappa shape index (κ3) is 6.85. The van der Waals surface area contributed by atoms with Crippen LogP contribution in [0.3, 0.4) is 0 Å². The normalized spacial score (nSPS) is 12.2. The van der Waals surface area contributed by atoms with Gasteiger partial charge in [0.25, 0.3) is 5.19 Å². The first-order valence-electron chi connectivity index (χ1n) is 11.4. The van der Waals surface area contributed by atoms with Crippen LogP contribution in [-0.4, -0.2) is 45.5 Å². The Morgan fingerprint density at radius 3 is 2.73 bits per heavy atom. The van der Waals surface area contributed by atoms with Crippen molar-refractivity contribution in [3.63, 3.8) is 0 Å². The molecule has 1 heterocycles. The van der Waals surface area contributed by atoms with Gasteiger partial charge in [0.05, 0.1) is 0 Å². The zero-order chi connectivity index (χ0) is 24.0. The van der Waals surface area contributed by atoms with Crippen LogP contribution < -0.4 is 4.74 Å². The lowest BCUT2D eigenvalue weighted by Crippen LogP contribution is -2.20. The summed E-state index contributed by atoms with van der Waals surface area (Å²) in [5.74, 6) is 0.805. The van der Waals surface area contributed by atoms with Crippen LogP contribution in [0.25, 0.3) is 11.4 Å². The zero-order valence-corrected chi connectivity index (χ0v) is 20.9. The van der Waals surface area contributed by atoms with Gasteiger partial charge < -0.3 is 14.7 Å². The van der Waals surface area contributed by atoms with Crippen LogP contribution in [0.4, 0.5) is 0 Å². The van der Waals surface area contributed by atoms with Crippen molar-refractivity contribution in [2.45, 2.75) is 52.9 Å². The third-order valence-corrected chi connectivity index (χ3v) is 6.64. The Morgan fingerprint density at radius 2 is 2.00 bits per heavy atom. The molecule has 3 rings (SSSR count). The van der Waals surface area contributed by atoms with Crippen molar-refractivity contribution in [3.8, 4) is 22.3 Å². The molecule has 2 aromatic carbocycles. The maximum absolute atomic E-state index is 10.9. The number of carboxylic acids is 1. The smallest absolute Gasteiger partial charge is 0.303 e. The molecule has 0 fully saturated rings. The predicted octanol–water partition coefficient (Wildman–Crippen LogP) is 6.08. The number of hydrogen-bond donors (Lipinski definition) is 1. The number of ether oxygens (including phenoxy) is 1. The van der Waals surface area contributed by atoms with Gasteiger partial charge in [-0.2, -0.15) is 9.36 Å². The highest BCUT2D eigenvalue weighted by Gasteiger charge is 2.14. The summed E-state index contributed by atoms with van der Waals surface area (Å²) in [4.78, 5) is 17.8. The Hall–Kier alpha value is -2.77. The van der Waals surface area contributed by atoms with Gasteiger partial charge in [-0.3, -0.25) is 4.79 Å². The molecule has 0 bridgehead atoms. The molecular weight excluding hydrogens is 434 g/mol. The standard InChI is InChI=1S/C26H33N3O3S/c1-6-29(5)13-12-21-14-19(4)23(15-18(21)3)32-26-27-25(28-33-26)22-9-7-8-20(16-22)17(2)10-11-24(30)31/h7-9,14-17H,6,10-13H2,1-5H3,(H,30,31).